The fraction of sp³-hybridized carbons (Fsp3) is 0.471. The van der Waals surface area contributed by atoms with Gasteiger partial charge in [0.05, 0.1) is 16.5 Å². The highest BCUT2D eigenvalue weighted by atomic mass is 16.6. The molecule has 1 aromatic heterocycles. The SMILES string of the molecule is CC(C)(C)NC(=O)COC(=O)CCCn1c(=O)oc2cc([N+](=O)[O-])ccc21. The molecule has 10 nitrogen and oxygen atoms in total. The Balaban J connectivity index is 1.89. The van der Waals surface area contributed by atoms with E-state index in [4.69, 9.17) is 9.15 Å². The Kier molecular flexibility index (Phi) is 5.98. The number of fused-ring (bicyclic) bond motifs is 1. The van der Waals surface area contributed by atoms with Gasteiger partial charge in [0.15, 0.2) is 12.2 Å². The molecule has 27 heavy (non-hydrogen) atoms. The van der Waals surface area contributed by atoms with Gasteiger partial charge < -0.3 is 14.5 Å². The third-order valence-corrected chi connectivity index (χ3v) is 3.50. The number of aryl methyl sites for hydroxylation is 1. The molecule has 1 N–H and O–H groups in total. The summed E-state index contributed by atoms with van der Waals surface area (Å²) in [5, 5.41) is 13.4. The second-order valence-corrected chi connectivity index (χ2v) is 6.99. The van der Waals surface area contributed by atoms with Crippen LogP contribution in [-0.4, -0.2) is 33.5 Å². The van der Waals surface area contributed by atoms with Gasteiger partial charge in [-0.2, -0.15) is 0 Å². The number of hydrogen-bond acceptors (Lipinski definition) is 7. The number of hydrogen-bond donors (Lipinski definition) is 1. The fourth-order valence-electron chi connectivity index (χ4n) is 2.43. The number of nitrogens with one attached hydrogen (secondary N) is 1. The summed E-state index contributed by atoms with van der Waals surface area (Å²) in [7, 11) is 0. The van der Waals surface area contributed by atoms with Crippen LogP contribution in [0.5, 0.6) is 0 Å². The van der Waals surface area contributed by atoms with E-state index >= 15 is 0 Å². The average Bonchev–Trinajstić information content (AvgIpc) is 2.86. The molecule has 10 heteroatoms. The molecule has 2 aromatic rings. The van der Waals surface area contributed by atoms with E-state index in [1.54, 1.807) is 0 Å². The summed E-state index contributed by atoms with van der Waals surface area (Å²) in [5.41, 5.74) is -0.0816. The van der Waals surface area contributed by atoms with Crippen LogP contribution in [0.4, 0.5) is 5.69 Å². The third kappa shape index (κ3) is 5.66. The van der Waals surface area contributed by atoms with E-state index in [9.17, 15) is 24.5 Å². The Labute approximate surface area is 154 Å². The Hall–Kier alpha value is -3.17. The summed E-state index contributed by atoms with van der Waals surface area (Å²) >= 11 is 0. The smallest absolute Gasteiger partial charge is 0.419 e. The predicted molar refractivity (Wildman–Crippen MR) is 95.2 cm³/mol. The summed E-state index contributed by atoms with van der Waals surface area (Å²) in [5.74, 6) is -1.62. The Bertz CT molecular complexity index is 921. The minimum Gasteiger partial charge on any atom is -0.456 e. The quantitative estimate of drug-likeness (QED) is 0.440. The minimum atomic E-state index is -0.663. The van der Waals surface area contributed by atoms with E-state index in [0.29, 0.717) is 5.52 Å². The van der Waals surface area contributed by atoms with E-state index < -0.39 is 28.1 Å². The summed E-state index contributed by atoms with van der Waals surface area (Å²) in [4.78, 5) is 45.4. The Morgan fingerprint density at radius 3 is 2.67 bits per heavy atom. The fourth-order valence-corrected chi connectivity index (χ4v) is 2.43. The lowest BCUT2D eigenvalue weighted by Gasteiger charge is -2.20. The number of benzene rings is 1. The zero-order valence-electron chi connectivity index (χ0n) is 15.3. The second-order valence-electron chi connectivity index (χ2n) is 6.99. The van der Waals surface area contributed by atoms with E-state index in [1.165, 1.54) is 22.8 Å². The highest BCUT2D eigenvalue weighted by molar-refractivity contribution is 5.81. The van der Waals surface area contributed by atoms with Gasteiger partial charge in [0, 0.05) is 24.6 Å². The molecule has 1 heterocycles. The van der Waals surface area contributed by atoms with Gasteiger partial charge in [-0.3, -0.25) is 24.3 Å². The van der Waals surface area contributed by atoms with Crippen molar-refractivity contribution >= 4 is 28.7 Å². The normalized spacial score (nSPS) is 11.4. The molecule has 0 fully saturated rings. The van der Waals surface area contributed by atoms with Crippen molar-refractivity contribution in [3.8, 4) is 0 Å². The lowest BCUT2D eigenvalue weighted by molar-refractivity contribution is -0.384. The zero-order valence-corrected chi connectivity index (χ0v) is 15.3. The monoisotopic (exact) mass is 379 g/mol. The molecule has 0 saturated heterocycles. The van der Waals surface area contributed by atoms with Crippen LogP contribution in [0, 0.1) is 10.1 Å². The Morgan fingerprint density at radius 1 is 1.33 bits per heavy atom. The van der Waals surface area contributed by atoms with Gasteiger partial charge in [0.25, 0.3) is 11.6 Å². The average molecular weight is 379 g/mol. The van der Waals surface area contributed by atoms with Crippen LogP contribution in [0.3, 0.4) is 0 Å². The molecular formula is C17H21N3O7. The van der Waals surface area contributed by atoms with Crippen molar-refractivity contribution in [3.05, 3.63) is 38.9 Å². The molecule has 0 aliphatic rings. The minimum absolute atomic E-state index is 0.00882. The van der Waals surface area contributed by atoms with Crippen LogP contribution < -0.4 is 11.1 Å². The van der Waals surface area contributed by atoms with Gasteiger partial charge in [-0.15, -0.1) is 0 Å². The van der Waals surface area contributed by atoms with Crippen molar-refractivity contribution in [1.82, 2.24) is 9.88 Å². The largest absolute Gasteiger partial charge is 0.456 e. The van der Waals surface area contributed by atoms with Crippen molar-refractivity contribution in [3.63, 3.8) is 0 Å². The molecule has 0 aliphatic carbocycles. The second kappa shape index (κ2) is 8.02. The number of nitrogens with zero attached hydrogens (tertiary/aromatic N) is 2. The highest BCUT2D eigenvalue weighted by Crippen LogP contribution is 2.20. The van der Waals surface area contributed by atoms with E-state index in [1.807, 2.05) is 20.8 Å². The van der Waals surface area contributed by atoms with Gasteiger partial charge in [0.2, 0.25) is 0 Å². The first-order chi connectivity index (χ1) is 12.6. The van der Waals surface area contributed by atoms with Crippen molar-refractivity contribution in [2.24, 2.45) is 0 Å². The van der Waals surface area contributed by atoms with Crippen LogP contribution in [0.2, 0.25) is 0 Å². The number of amides is 1. The van der Waals surface area contributed by atoms with E-state index in [-0.39, 0.29) is 37.3 Å². The topological polar surface area (TPSA) is 134 Å². The summed E-state index contributed by atoms with van der Waals surface area (Å²) in [6.07, 6.45) is 0.292. The van der Waals surface area contributed by atoms with Crippen LogP contribution in [0.25, 0.3) is 11.1 Å². The lowest BCUT2D eigenvalue weighted by Crippen LogP contribution is -2.42. The van der Waals surface area contributed by atoms with Crippen molar-refractivity contribution in [2.45, 2.75) is 45.7 Å². The molecule has 0 bridgehead atoms. The zero-order chi connectivity index (χ0) is 20.2. The Morgan fingerprint density at radius 2 is 2.04 bits per heavy atom. The van der Waals surface area contributed by atoms with Gasteiger partial charge in [-0.1, -0.05) is 0 Å². The van der Waals surface area contributed by atoms with Gasteiger partial charge >= 0.3 is 11.7 Å². The molecule has 1 aromatic carbocycles. The molecule has 0 spiro atoms. The van der Waals surface area contributed by atoms with Crippen LogP contribution in [0.15, 0.2) is 27.4 Å². The number of carbonyl (C=O) groups excluding carboxylic acids is 2. The number of rotatable bonds is 7. The number of non-ortho nitro benzene ring substituents is 1. The summed E-state index contributed by atoms with van der Waals surface area (Å²) in [6.45, 7) is 5.25. The molecule has 146 valence electrons. The van der Waals surface area contributed by atoms with Gasteiger partial charge in [-0.25, -0.2) is 4.79 Å². The molecule has 0 saturated carbocycles. The first-order valence-electron chi connectivity index (χ1n) is 8.31. The van der Waals surface area contributed by atoms with E-state index in [0.717, 1.165) is 0 Å². The van der Waals surface area contributed by atoms with Crippen LogP contribution in [0.1, 0.15) is 33.6 Å². The maximum atomic E-state index is 11.9. The summed E-state index contributed by atoms with van der Waals surface area (Å²) < 4.78 is 11.2. The number of nitro groups is 1. The standard InChI is InChI=1S/C17H21N3O7/c1-17(2,3)18-14(21)10-26-15(22)5-4-8-19-12-7-6-11(20(24)25)9-13(12)27-16(19)23/h6-7,9H,4-5,8,10H2,1-3H3,(H,18,21). The highest BCUT2D eigenvalue weighted by Gasteiger charge is 2.16. The predicted octanol–water partition coefficient (Wildman–Crippen LogP) is 1.74. The van der Waals surface area contributed by atoms with Crippen molar-refractivity contribution < 1.29 is 23.7 Å². The van der Waals surface area contributed by atoms with Crippen LogP contribution in [-0.2, 0) is 20.9 Å². The van der Waals surface area contributed by atoms with E-state index in [2.05, 4.69) is 5.32 Å². The first kappa shape index (κ1) is 20.1. The number of nitro benzene ring substituents is 1. The first-order valence-corrected chi connectivity index (χ1v) is 8.31. The molecule has 0 unspecified atom stereocenters. The number of aromatic nitrogens is 1. The number of ether oxygens (including phenoxy) is 1. The van der Waals surface area contributed by atoms with Gasteiger partial charge in [0.1, 0.15) is 0 Å². The number of carbonyl (C=O) groups is 2. The molecule has 0 aliphatic heterocycles. The van der Waals surface area contributed by atoms with Crippen LogP contribution >= 0.6 is 0 Å². The molecule has 0 atom stereocenters. The molecule has 0 radical (unpaired) electrons. The molecule has 1 amide bonds. The van der Waals surface area contributed by atoms with Crippen molar-refractivity contribution in [1.29, 1.82) is 0 Å². The number of esters is 1. The van der Waals surface area contributed by atoms with Gasteiger partial charge in [-0.05, 0) is 33.3 Å². The summed E-state index contributed by atoms with van der Waals surface area (Å²) in [6, 6.07) is 3.87. The lowest BCUT2D eigenvalue weighted by atomic mass is 10.1. The maximum absolute atomic E-state index is 11.9. The van der Waals surface area contributed by atoms with Crippen molar-refractivity contribution in [2.75, 3.05) is 6.61 Å². The maximum Gasteiger partial charge on any atom is 0.419 e. The number of oxazole rings is 1. The third-order valence-electron chi connectivity index (χ3n) is 3.50. The molecular weight excluding hydrogens is 358 g/mol. The molecule has 2 rings (SSSR count).